The quantitative estimate of drug-likeness (QED) is 0.576. The third-order valence-corrected chi connectivity index (χ3v) is 5.20. The smallest absolute Gasteiger partial charge is 0.211 e. The van der Waals surface area contributed by atoms with Crippen molar-refractivity contribution in [3.8, 4) is 0 Å². The van der Waals surface area contributed by atoms with Crippen LogP contribution in [0.1, 0.15) is 26.2 Å². The van der Waals surface area contributed by atoms with Crippen LogP contribution in [0.15, 0.2) is 0 Å². The van der Waals surface area contributed by atoms with Crippen molar-refractivity contribution in [2.24, 2.45) is 0 Å². The molecule has 1 heterocycles. The summed E-state index contributed by atoms with van der Waals surface area (Å²) in [7, 11) is -3.16. The largest absolute Gasteiger partial charge is 0.379 e. The molecule has 0 aromatic carbocycles. The molecule has 7 heteroatoms. The molecular formula is C13H27N3O3S. The van der Waals surface area contributed by atoms with Crippen LogP contribution in [0.4, 0.5) is 0 Å². The second-order valence-corrected chi connectivity index (χ2v) is 7.71. The molecule has 1 atom stereocenters. The van der Waals surface area contributed by atoms with Gasteiger partial charge in [-0.1, -0.05) is 0 Å². The minimum Gasteiger partial charge on any atom is -0.379 e. The van der Waals surface area contributed by atoms with Gasteiger partial charge in [0.05, 0.1) is 19.0 Å². The van der Waals surface area contributed by atoms with Crippen molar-refractivity contribution < 1.29 is 13.2 Å². The van der Waals surface area contributed by atoms with Crippen molar-refractivity contribution in [2.75, 3.05) is 45.1 Å². The van der Waals surface area contributed by atoms with E-state index < -0.39 is 10.0 Å². The zero-order valence-corrected chi connectivity index (χ0v) is 13.1. The first-order chi connectivity index (χ1) is 9.55. The number of morpholine rings is 1. The summed E-state index contributed by atoms with van der Waals surface area (Å²) in [5, 5.41) is 3.33. The lowest BCUT2D eigenvalue weighted by Gasteiger charge is -2.29. The molecule has 2 rings (SSSR count). The average molecular weight is 305 g/mol. The summed E-state index contributed by atoms with van der Waals surface area (Å²) in [4.78, 5) is 2.24. The fourth-order valence-electron chi connectivity index (χ4n) is 2.43. The molecule has 0 amide bonds. The number of ether oxygens (including phenoxy) is 1. The van der Waals surface area contributed by atoms with E-state index >= 15 is 0 Å². The van der Waals surface area contributed by atoms with Crippen LogP contribution in [-0.2, 0) is 14.8 Å². The number of rotatable bonds is 9. The minimum absolute atomic E-state index is 0.0468. The second kappa shape index (κ2) is 7.70. The highest BCUT2D eigenvalue weighted by atomic mass is 32.2. The maximum absolute atomic E-state index is 12.0. The van der Waals surface area contributed by atoms with Crippen molar-refractivity contribution in [1.82, 2.24) is 14.9 Å². The predicted molar refractivity (Wildman–Crippen MR) is 79.3 cm³/mol. The minimum atomic E-state index is -3.16. The van der Waals surface area contributed by atoms with Crippen LogP contribution >= 0.6 is 0 Å². The van der Waals surface area contributed by atoms with E-state index in [0.717, 1.165) is 39.4 Å². The summed E-state index contributed by atoms with van der Waals surface area (Å²) in [5.41, 5.74) is 0. The maximum atomic E-state index is 12.0. The Hall–Kier alpha value is -0.210. The van der Waals surface area contributed by atoms with Crippen LogP contribution in [0, 0.1) is 0 Å². The van der Waals surface area contributed by atoms with Crippen molar-refractivity contribution in [2.45, 2.75) is 38.3 Å². The fourth-order valence-corrected chi connectivity index (χ4v) is 3.76. The van der Waals surface area contributed by atoms with Gasteiger partial charge >= 0.3 is 0 Å². The maximum Gasteiger partial charge on any atom is 0.211 e. The highest BCUT2D eigenvalue weighted by molar-refractivity contribution is 7.89. The Kier molecular flexibility index (Phi) is 6.22. The molecule has 0 spiro atoms. The van der Waals surface area contributed by atoms with E-state index in [1.54, 1.807) is 0 Å². The molecule has 0 aromatic heterocycles. The van der Waals surface area contributed by atoms with E-state index in [9.17, 15) is 8.42 Å². The molecule has 1 unspecified atom stereocenters. The lowest BCUT2D eigenvalue weighted by molar-refractivity contribution is 0.0354. The Morgan fingerprint density at radius 3 is 2.65 bits per heavy atom. The van der Waals surface area contributed by atoms with Crippen molar-refractivity contribution in [3.63, 3.8) is 0 Å². The molecular weight excluding hydrogens is 278 g/mol. The summed E-state index contributed by atoms with van der Waals surface area (Å²) in [6.45, 7) is 6.73. The van der Waals surface area contributed by atoms with Gasteiger partial charge < -0.3 is 10.1 Å². The van der Waals surface area contributed by atoms with Gasteiger partial charge in [-0.25, -0.2) is 13.1 Å². The van der Waals surface area contributed by atoms with E-state index in [1.165, 1.54) is 12.8 Å². The number of hydrogen-bond acceptors (Lipinski definition) is 5. The zero-order valence-electron chi connectivity index (χ0n) is 12.3. The SMILES string of the molecule is CC(CN1CCOCC1)NS(=O)(=O)CCCNC1CC1. The molecule has 0 bridgehead atoms. The van der Waals surface area contributed by atoms with Gasteiger partial charge in [0.2, 0.25) is 10.0 Å². The van der Waals surface area contributed by atoms with E-state index in [1.807, 2.05) is 6.92 Å². The number of nitrogens with zero attached hydrogens (tertiary/aromatic N) is 1. The zero-order chi connectivity index (χ0) is 14.4. The Balaban J connectivity index is 1.61. The summed E-state index contributed by atoms with van der Waals surface area (Å²) in [6, 6.07) is 0.598. The molecule has 2 fully saturated rings. The van der Waals surface area contributed by atoms with Gasteiger partial charge in [-0.2, -0.15) is 0 Å². The molecule has 20 heavy (non-hydrogen) atoms. The first kappa shape index (κ1) is 16.2. The molecule has 1 saturated carbocycles. The molecule has 1 aliphatic heterocycles. The van der Waals surface area contributed by atoms with Crippen molar-refractivity contribution in [3.05, 3.63) is 0 Å². The van der Waals surface area contributed by atoms with Gasteiger partial charge in [0, 0.05) is 31.7 Å². The van der Waals surface area contributed by atoms with Gasteiger partial charge in [-0.3, -0.25) is 4.90 Å². The van der Waals surface area contributed by atoms with Gasteiger partial charge in [-0.15, -0.1) is 0 Å². The van der Waals surface area contributed by atoms with E-state index in [2.05, 4.69) is 14.9 Å². The van der Waals surface area contributed by atoms with Crippen LogP contribution in [0.3, 0.4) is 0 Å². The standard InChI is InChI=1S/C13H27N3O3S/c1-12(11-16-6-8-19-9-7-16)15-20(17,18)10-2-5-14-13-3-4-13/h12-15H,2-11H2,1H3. The van der Waals surface area contributed by atoms with Gasteiger partial charge in [0.15, 0.2) is 0 Å². The fraction of sp³-hybridized carbons (Fsp3) is 1.00. The van der Waals surface area contributed by atoms with E-state index in [0.29, 0.717) is 12.5 Å². The number of hydrogen-bond donors (Lipinski definition) is 2. The molecule has 118 valence electrons. The first-order valence-corrected chi connectivity index (χ1v) is 9.24. The van der Waals surface area contributed by atoms with E-state index in [4.69, 9.17) is 4.74 Å². The molecule has 6 nitrogen and oxygen atoms in total. The summed E-state index contributed by atoms with van der Waals surface area (Å²) >= 11 is 0. The van der Waals surface area contributed by atoms with Crippen LogP contribution < -0.4 is 10.0 Å². The molecule has 0 radical (unpaired) electrons. The topological polar surface area (TPSA) is 70.7 Å². The van der Waals surface area contributed by atoms with Gasteiger partial charge in [0.25, 0.3) is 0 Å². The Morgan fingerprint density at radius 2 is 2.00 bits per heavy atom. The molecule has 1 saturated heterocycles. The third-order valence-electron chi connectivity index (χ3n) is 3.62. The molecule has 2 aliphatic rings. The van der Waals surface area contributed by atoms with Gasteiger partial charge in [0.1, 0.15) is 0 Å². The predicted octanol–water partition coefficient (Wildman–Crippen LogP) is -0.231. The van der Waals surface area contributed by atoms with E-state index in [-0.39, 0.29) is 11.8 Å². The number of nitrogens with one attached hydrogen (secondary N) is 2. The number of sulfonamides is 1. The highest BCUT2D eigenvalue weighted by Crippen LogP contribution is 2.18. The van der Waals surface area contributed by atoms with Gasteiger partial charge in [-0.05, 0) is 32.7 Å². The summed E-state index contributed by atoms with van der Waals surface area (Å²) in [5.74, 6) is 0.209. The lowest BCUT2D eigenvalue weighted by Crippen LogP contribution is -2.46. The summed E-state index contributed by atoms with van der Waals surface area (Å²) in [6.07, 6.45) is 3.15. The third kappa shape index (κ3) is 6.49. The highest BCUT2D eigenvalue weighted by Gasteiger charge is 2.21. The Morgan fingerprint density at radius 1 is 1.30 bits per heavy atom. The molecule has 1 aliphatic carbocycles. The van der Waals surface area contributed by atoms with Crippen LogP contribution in [0.2, 0.25) is 0 Å². The average Bonchev–Trinajstić information content (AvgIpc) is 3.19. The Bertz CT molecular complexity index is 378. The van der Waals surface area contributed by atoms with Crippen LogP contribution in [0.5, 0.6) is 0 Å². The monoisotopic (exact) mass is 305 g/mol. The summed E-state index contributed by atoms with van der Waals surface area (Å²) < 4.78 is 32.0. The van der Waals surface area contributed by atoms with Crippen LogP contribution in [-0.4, -0.2) is 70.5 Å². The Labute approximate surface area is 122 Å². The molecule has 0 aromatic rings. The first-order valence-electron chi connectivity index (χ1n) is 7.59. The van der Waals surface area contributed by atoms with Crippen molar-refractivity contribution in [1.29, 1.82) is 0 Å². The normalized spacial score (nSPS) is 22.9. The van der Waals surface area contributed by atoms with Crippen molar-refractivity contribution >= 4 is 10.0 Å². The van der Waals surface area contributed by atoms with Crippen LogP contribution in [0.25, 0.3) is 0 Å². The second-order valence-electron chi connectivity index (χ2n) is 5.83. The lowest BCUT2D eigenvalue weighted by atomic mass is 10.3. The molecule has 2 N–H and O–H groups in total.